The summed E-state index contributed by atoms with van der Waals surface area (Å²) in [5.74, 6) is 0. The van der Waals surface area contributed by atoms with Gasteiger partial charge in [-0.2, -0.15) is 0 Å². The number of rotatable bonds is 4. The highest BCUT2D eigenvalue weighted by Crippen LogP contribution is 2.34. The van der Waals surface area contributed by atoms with Crippen LogP contribution in [0.5, 0.6) is 0 Å². The van der Waals surface area contributed by atoms with Gasteiger partial charge in [-0.15, -0.1) is 5.10 Å². The first-order valence-corrected chi connectivity index (χ1v) is 7.15. The minimum atomic E-state index is -0.472. The largest absolute Gasteiger partial charge is 0.269 e. The van der Waals surface area contributed by atoms with E-state index in [9.17, 15) is 20.2 Å². The normalized spacial score (nSPS) is 10.4. The van der Waals surface area contributed by atoms with Crippen LogP contribution >= 0.6 is 11.5 Å². The summed E-state index contributed by atoms with van der Waals surface area (Å²) in [7, 11) is 0. The third kappa shape index (κ3) is 2.90. The smallest absolute Gasteiger partial charge is 0.258 e. The zero-order valence-electron chi connectivity index (χ0n) is 11.4. The van der Waals surface area contributed by atoms with E-state index in [0.29, 0.717) is 11.3 Å². The van der Waals surface area contributed by atoms with Gasteiger partial charge in [0.1, 0.15) is 5.69 Å². The highest BCUT2D eigenvalue weighted by atomic mass is 32.1. The second kappa shape index (κ2) is 5.89. The lowest BCUT2D eigenvalue weighted by Gasteiger charge is -2.01. The molecule has 0 saturated carbocycles. The predicted molar refractivity (Wildman–Crippen MR) is 84.1 cm³/mol. The minimum Gasteiger partial charge on any atom is -0.258 e. The third-order valence-corrected chi connectivity index (χ3v) is 3.95. The number of hydrogen-bond donors (Lipinski definition) is 0. The third-order valence-electron chi connectivity index (χ3n) is 3.18. The summed E-state index contributed by atoms with van der Waals surface area (Å²) in [6, 6.07) is 12.1. The van der Waals surface area contributed by atoms with Crippen LogP contribution in [0.15, 0.2) is 48.5 Å². The van der Waals surface area contributed by atoms with Gasteiger partial charge in [-0.05, 0) is 41.4 Å². The lowest BCUT2D eigenvalue weighted by atomic mass is 10.1. The van der Waals surface area contributed by atoms with Gasteiger partial charge < -0.3 is 0 Å². The van der Waals surface area contributed by atoms with Gasteiger partial charge in [0.2, 0.25) is 0 Å². The van der Waals surface area contributed by atoms with E-state index in [2.05, 4.69) is 9.59 Å². The van der Waals surface area contributed by atoms with Crippen LogP contribution in [0, 0.1) is 20.2 Å². The Kier molecular flexibility index (Phi) is 3.77. The zero-order valence-corrected chi connectivity index (χ0v) is 12.3. The molecule has 0 amide bonds. The number of nitro benzene ring substituents is 2. The maximum absolute atomic E-state index is 10.7. The van der Waals surface area contributed by atoms with Crippen LogP contribution < -0.4 is 0 Å². The number of aromatic nitrogens is 2. The Morgan fingerprint density at radius 2 is 1.26 bits per heavy atom. The van der Waals surface area contributed by atoms with Crippen LogP contribution in [0.25, 0.3) is 21.7 Å². The molecule has 0 spiro atoms. The van der Waals surface area contributed by atoms with Crippen LogP contribution in [0.2, 0.25) is 0 Å². The summed E-state index contributed by atoms with van der Waals surface area (Å²) in [6.45, 7) is 0. The SMILES string of the molecule is O=[N+]([O-])c1ccc(-c2nnsc2-c2ccc([N+](=O)[O-])cc2)cc1. The first-order chi connectivity index (χ1) is 11.1. The molecule has 23 heavy (non-hydrogen) atoms. The zero-order chi connectivity index (χ0) is 16.4. The second-order valence-corrected chi connectivity index (χ2v) is 5.31. The summed E-state index contributed by atoms with van der Waals surface area (Å²) in [6.07, 6.45) is 0. The maximum Gasteiger partial charge on any atom is 0.269 e. The van der Waals surface area contributed by atoms with Crippen molar-refractivity contribution in [3.8, 4) is 21.7 Å². The number of hydrogen-bond acceptors (Lipinski definition) is 7. The Bertz CT molecular complexity index is 803. The maximum atomic E-state index is 10.7. The van der Waals surface area contributed by atoms with Gasteiger partial charge in [-0.25, -0.2) is 0 Å². The molecular formula is C14H8N4O4S. The molecule has 0 radical (unpaired) electrons. The molecule has 0 saturated heterocycles. The molecule has 3 aromatic rings. The molecular weight excluding hydrogens is 320 g/mol. The van der Waals surface area contributed by atoms with E-state index >= 15 is 0 Å². The van der Waals surface area contributed by atoms with E-state index in [0.717, 1.165) is 22.0 Å². The van der Waals surface area contributed by atoms with E-state index in [4.69, 9.17) is 0 Å². The fourth-order valence-electron chi connectivity index (χ4n) is 2.04. The van der Waals surface area contributed by atoms with Crippen molar-refractivity contribution >= 4 is 22.9 Å². The summed E-state index contributed by atoms with van der Waals surface area (Å²) in [5, 5.41) is 25.5. The molecule has 2 aromatic carbocycles. The van der Waals surface area contributed by atoms with Gasteiger partial charge in [0, 0.05) is 29.8 Å². The van der Waals surface area contributed by atoms with Gasteiger partial charge in [0.05, 0.1) is 14.7 Å². The van der Waals surface area contributed by atoms with Crippen molar-refractivity contribution in [2.24, 2.45) is 0 Å². The number of nitrogens with zero attached hydrogens (tertiary/aromatic N) is 4. The molecule has 0 bridgehead atoms. The van der Waals surface area contributed by atoms with Gasteiger partial charge in [-0.1, -0.05) is 4.49 Å². The lowest BCUT2D eigenvalue weighted by Crippen LogP contribution is -1.89. The highest BCUT2D eigenvalue weighted by molar-refractivity contribution is 7.09. The Hall–Kier alpha value is -3.20. The lowest BCUT2D eigenvalue weighted by molar-refractivity contribution is -0.385. The van der Waals surface area contributed by atoms with Crippen molar-refractivity contribution in [1.29, 1.82) is 0 Å². The average molecular weight is 328 g/mol. The Morgan fingerprint density at radius 1 is 0.783 bits per heavy atom. The monoisotopic (exact) mass is 328 g/mol. The average Bonchev–Trinajstić information content (AvgIpc) is 3.04. The fourth-order valence-corrected chi connectivity index (χ4v) is 2.74. The van der Waals surface area contributed by atoms with E-state index in [-0.39, 0.29) is 11.4 Å². The van der Waals surface area contributed by atoms with Gasteiger partial charge in [0.25, 0.3) is 11.4 Å². The molecule has 0 unspecified atom stereocenters. The Labute approximate surface area is 133 Å². The van der Waals surface area contributed by atoms with Crippen molar-refractivity contribution in [3.05, 3.63) is 68.8 Å². The molecule has 9 heteroatoms. The van der Waals surface area contributed by atoms with E-state index < -0.39 is 9.85 Å². The van der Waals surface area contributed by atoms with E-state index in [1.165, 1.54) is 24.3 Å². The van der Waals surface area contributed by atoms with E-state index in [1.807, 2.05) is 0 Å². The first kappa shape index (κ1) is 14.7. The van der Waals surface area contributed by atoms with Crippen molar-refractivity contribution in [3.63, 3.8) is 0 Å². The molecule has 0 aliphatic carbocycles. The van der Waals surface area contributed by atoms with Crippen molar-refractivity contribution in [2.45, 2.75) is 0 Å². The topological polar surface area (TPSA) is 112 Å². The second-order valence-electron chi connectivity index (χ2n) is 4.56. The standard InChI is InChI=1S/C14H8N4O4S/c19-17(20)11-5-1-9(2-6-11)13-14(23-16-15-13)10-3-7-12(8-4-10)18(21)22/h1-8H. The van der Waals surface area contributed by atoms with Crippen LogP contribution in [0.4, 0.5) is 11.4 Å². The summed E-state index contributed by atoms with van der Waals surface area (Å²) in [5.41, 5.74) is 2.02. The van der Waals surface area contributed by atoms with E-state index in [1.54, 1.807) is 24.3 Å². The van der Waals surface area contributed by atoms with Crippen molar-refractivity contribution < 1.29 is 9.85 Å². The van der Waals surface area contributed by atoms with Crippen molar-refractivity contribution in [2.75, 3.05) is 0 Å². The van der Waals surface area contributed by atoms with Gasteiger partial charge >= 0.3 is 0 Å². The van der Waals surface area contributed by atoms with Crippen LogP contribution in [-0.4, -0.2) is 19.4 Å². The molecule has 0 atom stereocenters. The molecule has 3 rings (SSSR count). The predicted octanol–water partition coefficient (Wildman–Crippen LogP) is 3.69. The highest BCUT2D eigenvalue weighted by Gasteiger charge is 2.15. The summed E-state index contributed by atoms with van der Waals surface area (Å²) < 4.78 is 3.91. The molecule has 1 aromatic heterocycles. The van der Waals surface area contributed by atoms with Crippen LogP contribution in [0.3, 0.4) is 0 Å². The van der Waals surface area contributed by atoms with Crippen LogP contribution in [-0.2, 0) is 0 Å². The van der Waals surface area contributed by atoms with Gasteiger partial charge in [0.15, 0.2) is 0 Å². The Morgan fingerprint density at radius 3 is 1.74 bits per heavy atom. The minimum absolute atomic E-state index is 0.00288. The molecule has 0 fully saturated rings. The summed E-state index contributed by atoms with van der Waals surface area (Å²) >= 11 is 1.16. The summed E-state index contributed by atoms with van der Waals surface area (Å²) in [4.78, 5) is 21.2. The van der Waals surface area contributed by atoms with Crippen LogP contribution in [0.1, 0.15) is 0 Å². The number of benzene rings is 2. The molecule has 0 N–H and O–H groups in total. The number of non-ortho nitro benzene ring substituents is 2. The van der Waals surface area contributed by atoms with Crippen molar-refractivity contribution in [1.82, 2.24) is 9.59 Å². The molecule has 0 aliphatic rings. The molecule has 1 heterocycles. The van der Waals surface area contributed by atoms with Gasteiger partial charge in [-0.3, -0.25) is 20.2 Å². The molecule has 114 valence electrons. The quantitative estimate of drug-likeness (QED) is 0.533. The fraction of sp³-hybridized carbons (Fsp3) is 0. The first-order valence-electron chi connectivity index (χ1n) is 6.38. The molecule has 0 aliphatic heterocycles. The number of nitro groups is 2. The molecule has 8 nitrogen and oxygen atoms in total. The Balaban J connectivity index is 1.98.